The molecule has 1 heterocycles. The smallest absolute Gasteiger partial charge is 0.409 e. The number of rotatable bonds is 11. The molecular formula is C26H35F3N2O2. The van der Waals surface area contributed by atoms with Crippen LogP contribution in [-0.2, 0) is 4.79 Å². The second-order valence-electron chi connectivity index (χ2n) is 9.55. The minimum atomic E-state index is -4.58. The summed E-state index contributed by atoms with van der Waals surface area (Å²) in [6.45, 7) is 5.93. The van der Waals surface area contributed by atoms with Gasteiger partial charge in [0.05, 0.1) is 6.61 Å². The first-order valence-electron chi connectivity index (χ1n) is 11.9. The van der Waals surface area contributed by atoms with Gasteiger partial charge in [0, 0.05) is 17.3 Å². The molecule has 0 radical (unpaired) electrons. The second kappa shape index (κ2) is 10.8. The minimum absolute atomic E-state index is 0.00870. The van der Waals surface area contributed by atoms with Crippen molar-refractivity contribution in [3.8, 4) is 5.75 Å². The molecule has 1 amide bonds. The maximum Gasteiger partial charge on any atom is 0.409 e. The summed E-state index contributed by atoms with van der Waals surface area (Å²) in [4.78, 5) is 12.0. The van der Waals surface area contributed by atoms with Crippen molar-refractivity contribution in [1.29, 1.82) is 0 Å². The van der Waals surface area contributed by atoms with Crippen molar-refractivity contribution in [2.45, 2.75) is 89.9 Å². The Labute approximate surface area is 194 Å². The van der Waals surface area contributed by atoms with Gasteiger partial charge in [0.25, 0.3) is 0 Å². The Morgan fingerprint density at radius 1 is 1.06 bits per heavy atom. The van der Waals surface area contributed by atoms with E-state index in [1.165, 1.54) is 31.7 Å². The Morgan fingerprint density at radius 2 is 1.73 bits per heavy atom. The number of nitrogens with one attached hydrogen (secondary N) is 1. The van der Waals surface area contributed by atoms with E-state index in [9.17, 15) is 18.0 Å². The first kappa shape index (κ1) is 25.3. The monoisotopic (exact) mass is 464 g/mol. The Bertz CT molecular complexity index is 943. The number of benzene rings is 2. The molecule has 1 saturated heterocycles. The van der Waals surface area contributed by atoms with Gasteiger partial charge in [-0.05, 0) is 43.4 Å². The molecule has 7 heteroatoms. The molecule has 4 nitrogen and oxygen atoms in total. The van der Waals surface area contributed by atoms with Crippen molar-refractivity contribution < 1.29 is 22.7 Å². The fourth-order valence-corrected chi connectivity index (χ4v) is 4.52. The molecule has 3 rings (SSSR count). The van der Waals surface area contributed by atoms with Crippen LogP contribution in [0.1, 0.15) is 83.7 Å². The van der Waals surface area contributed by atoms with Crippen LogP contribution in [-0.4, -0.2) is 29.2 Å². The molecule has 0 aliphatic carbocycles. The predicted molar refractivity (Wildman–Crippen MR) is 125 cm³/mol. The third kappa shape index (κ3) is 6.40. The van der Waals surface area contributed by atoms with Gasteiger partial charge in [-0.2, -0.15) is 18.2 Å². The number of hydrogen-bond acceptors (Lipinski definition) is 3. The molecule has 1 N–H and O–H groups in total. The topological polar surface area (TPSA) is 41.6 Å². The number of hydrazine groups is 1. The van der Waals surface area contributed by atoms with E-state index in [-0.39, 0.29) is 12.0 Å². The van der Waals surface area contributed by atoms with Crippen LogP contribution < -0.4 is 10.2 Å². The highest BCUT2D eigenvalue weighted by molar-refractivity contribution is 5.89. The lowest BCUT2D eigenvalue weighted by atomic mass is 9.95. The summed E-state index contributed by atoms with van der Waals surface area (Å²) >= 11 is 0. The molecule has 0 saturated carbocycles. The molecule has 1 atom stereocenters. The number of fused-ring (bicyclic) bond motifs is 1. The van der Waals surface area contributed by atoms with E-state index in [1.807, 2.05) is 12.1 Å². The Hall–Kier alpha value is -2.28. The van der Waals surface area contributed by atoms with Crippen LogP contribution in [0.4, 0.5) is 13.2 Å². The van der Waals surface area contributed by atoms with Crippen molar-refractivity contribution in [2.75, 3.05) is 6.61 Å². The Kier molecular flexibility index (Phi) is 8.27. The average molecular weight is 465 g/mol. The molecule has 33 heavy (non-hydrogen) atoms. The number of halogens is 3. The molecule has 0 bridgehead atoms. The molecular weight excluding hydrogens is 429 g/mol. The van der Waals surface area contributed by atoms with E-state index in [4.69, 9.17) is 4.74 Å². The van der Waals surface area contributed by atoms with Crippen molar-refractivity contribution >= 4 is 16.7 Å². The van der Waals surface area contributed by atoms with Gasteiger partial charge in [-0.1, -0.05) is 69.7 Å². The molecule has 0 aromatic heterocycles. The lowest BCUT2D eigenvalue weighted by Gasteiger charge is -2.38. The third-order valence-corrected chi connectivity index (χ3v) is 6.23. The quantitative estimate of drug-likeness (QED) is 0.361. The van der Waals surface area contributed by atoms with E-state index in [0.717, 1.165) is 29.7 Å². The number of nitrogens with zero attached hydrogens (tertiary/aromatic N) is 1. The van der Waals surface area contributed by atoms with Crippen LogP contribution in [0.3, 0.4) is 0 Å². The van der Waals surface area contributed by atoms with Gasteiger partial charge in [0.15, 0.2) is 6.04 Å². The standard InChI is InChI=1S/C26H35F3N2O2/c1-4-5-6-7-8-9-12-15-33-22-17-20(16-19-13-10-11-14-21(19)22)24(26(27,28)29)31-25(2,3)18-23(32)30-31/h10-11,13-14,16-17,24H,4-9,12,15,18H2,1-3H3,(H,30,32)/t24-/m0/s1. The van der Waals surface area contributed by atoms with Crippen LogP contribution in [0.5, 0.6) is 5.75 Å². The highest BCUT2D eigenvalue weighted by Crippen LogP contribution is 2.44. The molecule has 2 aromatic carbocycles. The molecule has 1 fully saturated rings. The van der Waals surface area contributed by atoms with E-state index in [2.05, 4.69) is 12.3 Å². The normalized spacial score (nSPS) is 17.3. The number of amides is 1. The van der Waals surface area contributed by atoms with Gasteiger partial charge in [-0.15, -0.1) is 0 Å². The maximum absolute atomic E-state index is 14.3. The number of unbranched alkanes of at least 4 members (excludes halogenated alkanes) is 6. The number of hydrogen-bond donors (Lipinski definition) is 1. The van der Waals surface area contributed by atoms with Gasteiger partial charge < -0.3 is 4.74 Å². The lowest BCUT2D eigenvalue weighted by molar-refractivity contribution is -0.203. The van der Waals surface area contributed by atoms with Crippen molar-refractivity contribution in [3.63, 3.8) is 0 Å². The number of alkyl halides is 3. The summed E-state index contributed by atoms with van der Waals surface area (Å²) in [5.74, 6) is 0.0390. The largest absolute Gasteiger partial charge is 0.493 e. The Morgan fingerprint density at radius 3 is 2.36 bits per heavy atom. The van der Waals surface area contributed by atoms with E-state index < -0.39 is 23.7 Å². The zero-order valence-electron chi connectivity index (χ0n) is 19.8. The van der Waals surface area contributed by atoms with Crippen LogP contribution in [0.25, 0.3) is 10.8 Å². The molecule has 2 aromatic rings. The van der Waals surface area contributed by atoms with E-state index >= 15 is 0 Å². The second-order valence-corrected chi connectivity index (χ2v) is 9.55. The number of carbonyl (C=O) groups is 1. The van der Waals surface area contributed by atoms with Crippen LogP contribution >= 0.6 is 0 Å². The maximum atomic E-state index is 14.3. The first-order valence-corrected chi connectivity index (χ1v) is 11.9. The molecule has 1 aliphatic heterocycles. The number of carbonyl (C=O) groups excluding carboxylic acids is 1. The molecule has 1 aliphatic rings. The summed E-state index contributed by atoms with van der Waals surface area (Å²) in [5.41, 5.74) is 1.52. The predicted octanol–water partition coefficient (Wildman–Crippen LogP) is 7.09. The summed E-state index contributed by atoms with van der Waals surface area (Å²) < 4.78 is 48.9. The molecule has 182 valence electrons. The fraction of sp³-hybridized carbons (Fsp3) is 0.577. The Balaban J connectivity index is 1.83. The van der Waals surface area contributed by atoms with Gasteiger partial charge in [-0.25, -0.2) is 0 Å². The van der Waals surface area contributed by atoms with Crippen LogP contribution in [0.15, 0.2) is 36.4 Å². The summed E-state index contributed by atoms with van der Waals surface area (Å²) in [5, 5.41) is 2.51. The third-order valence-electron chi connectivity index (χ3n) is 6.23. The highest BCUT2D eigenvalue weighted by atomic mass is 19.4. The van der Waals surface area contributed by atoms with E-state index in [1.54, 1.807) is 32.0 Å². The lowest BCUT2D eigenvalue weighted by Crippen LogP contribution is -2.51. The van der Waals surface area contributed by atoms with Gasteiger partial charge in [-0.3, -0.25) is 10.2 Å². The number of ether oxygens (including phenoxy) is 1. The fourth-order valence-electron chi connectivity index (χ4n) is 4.52. The molecule has 0 unspecified atom stereocenters. The minimum Gasteiger partial charge on any atom is -0.493 e. The van der Waals surface area contributed by atoms with Crippen molar-refractivity contribution in [2.24, 2.45) is 0 Å². The van der Waals surface area contributed by atoms with Crippen molar-refractivity contribution in [3.05, 3.63) is 42.0 Å². The first-order chi connectivity index (χ1) is 15.6. The zero-order valence-corrected chi connectivity index (χ0v) is 19.8. The summed E-state index contributed by atoms with van der Waals surface area (Å²) in [7, 11) is 0. The van der Waals surface area contributed by atoms with Gasteiger partial charge in [0.2, 0.25) is 5.91 Å². The summed E-state index contributed by atoms with van der Waals surface area (Å²) in [6.07, 6.45) is 3.39. The summed E-state index contributed by atoms with van der Waals surface area (Å²) in [6, 6.07) is 8.38. The van der Waals surface area contributed by atoms with Crippen molar-refractivity contribution in [1.82, 2.24) is 10.4 Å². The van der Waals surface area contributed by atoms with Crippen LogP contribution in [0, 0.1) is 0 Å². The zero-order chi connectivity index (χ0) is 24.1. The highest BCUT2D eigenvalue weighted by Gasteiger charge is 2.53. The SMILES string of the molecule is CCCCCCCCCOc1cc([C@H](N2NC(=O)CC2(C)C)C(F)(F)F)cc2ccccc12. The van der Waals surface area contributed by atoms with Crippen LogP contribution in [0.2, 0.25) is 0 Å². The van der Waals surface area contributed by atoms with Gasteiger partial charge in [0.1, 0.15) is 5.75 Å². The van der Waals surface area contributed by atoms with E-state index in [0.29, 0.717) is 17.7 Å². The average Bonchev–Trinajstić information content (AvgIpc) is 3.00. The van der Waals surface area contributed by atoms with Gasteiger partial charge >= 0.3 is 6.18 Å². The molecule has 0 spiro atoms.